The summed E-state index contributed by atoms with van der Waals surface area (Å²) in [5.41, 5.74) is 3.35. The molecule has 3 rings (SSSR count). The molecule has 0 aromatic heterocycles. The predicted molar refractivity (Wildman–Crippen MR) is 83.7 cm³/mol. The summed E-state index contributed by atoms with van der Waals surface area (Å²) in [7, 11) is 0. The van der Waals surface area contributed by atoms with Crippen molar-refractivity contribution in [3.8, 4) is 5.75 Å². The van der Waals surface area contributed by atoms with Gasteiger partial charge in [0.05, 0.1) is 12.0 Å². The highest BCUT2D eigenvalue weighted by Crippen LogP contribution is 2.40. The van der Waals surface area contributed by atoms with Crippen molar-refractivity contribution < 1.29 is 9.13 Å². The quantitative estimate of drug-likeness (QED) is 0.724. The maximum Gasteiger partial charge on any atom is 0.123 e. The molecular weight excluding hydrogens is 287 g/mol. The van der Waals surface area contributed by atoms with E-state index in [1.54, 1.807) is 12.1 Å². The lowest BCUT2D eigenvalue weighted by Crippen LogP contribution is -2.18. The highest BCUT2D eigenvalue weighted by Gasteiger charge is 2.32. The number of hydrogen-bond acceptors (Lipinski definition) is 1. The van der Waals surface area contributed by atoms with E-state index in [2.05, 4.69) is 19.9 Å². The summed E-state index contributed by atoms with van der Waals surface area (Å²) >= 11 is 6.54. The lowest BCUT2D eigenvalue weighted by molar-refractivity contribution is 0.291. The van der Waals surface area contributed by atoms with Crippen molar-refractivity contribution in [3.63, 3.8) is 0 Å². The first kappa shape index (κ1) is 14.4. The van der Waals surface area contributed by atoms with Gasteiger partial charge >= 0.3 is 0 Å². The van der Waals surface area contributed by atoms with Crippen LogP contribution in [0.25, 0.3) is 0 Å². The monoisotopic (exact) mass is 304 g/mol. The van der Waals surface area contributed by atoms with Crippen LogP contribution in [0.5, 0.6) is 5.75 Å². The summed E-state index contributed by atoms with van der Waals surface area (Å²) in [5.74, 6) is 0.732. The van der Waals surface area contributed by atoms with Gasteiger partial charge in [0.1, 0.15) is 11.6 Å². The summed E-state index contributed by atoms with van der Waals surface area (Å²) in [6, 6.07) is 12.7. The van der Waals surface area contributed by atoms with E-state index in [0.29, 0.717) is 13.0 Å². The Hall–Kier alpha value is -1.54. The van der Waals surface area contributed by atoms with E-state index in [1.807, 2.05) is 12.1 Å². The average molecular weight is 305 g/mol. The van der Waals surface area contributed by atoms with Crippen LogP contribution in [0.2, 0.25) is 0 Å². The fourth-order valence-corrected chi connectivity index (χ4v) is 2.99. The Morgan fingerprint density at radius 3 is 2.62 bits per heavy atom. The normalized spacial score (nSPS) is 17.1. The van der Waals surface area contributed by atoms with Crippen molar-refractivity contribution in [2.45, 2.75) is 31.1 Å². The molecule has 0 aliphatic carbocycles. The first-order chi connectivity index (χ1) is 9.95. The predicted octanol–water partition coefficient (Wildman–Crippen LogP) is 5.02. The van der Waals surface area contributed by atoms with Crippen molar-refractivity contribution in [1.29, 1.82) is 0 Å². The molecule has 0 bridgehead atoms. The molecule has 1 atom stereocenters. The number of alkyl halides is 1. The first-order valence-electron chi connectivity index (χ1n) is 7.11. The van der Waals surface area contributed by atoms with Gasteiger partial charge in [-0.2, -0.15) is 0 Å². The van der Waals surface area contributed by atoms with Crippen LogP contribution >= 0.6 is 11.6 Å². The topological polar surface area (TPSA) is 9.23 Å². The van der Waals surface area contributed by atoms with Gasteiger partial charge in [-0.15, -0.1) is 11.6 Å². The fraction of sp³-hybridized carbons (Fsp3) is 0.333. The van der Waals surface area contributed by atoms with Gasteiger partial charge < -0.3 is 4.74 Å². The van der Waals surface area contributed by atoms with E-state index in [9.17, 15) is 4.39 Å². The third kappa shape index (κ3) is 2.91. The highest BCUT2D eigenvalue weighted by atomic mass is 35.5. The van der Waals surface area contributed by atoms with Gasteiger partial charge in [-0.25, -0.2) is 4.39 Å². The number of fused-ring (bicyclic) bond motifs is 1. The lowest BCUT2D eigenvalue weighted by Gasteiger charge is -2.17. The Kier molecular flexibility index (Phi) is 3.66. The van der Waals surface area contributed by atoms with Crippen molar-refractivity contribution in [2.75, 3.05) is 6.61 Å². The second-order valence-corrected chi connectivity index (χ2v) is 6.75. The number of hydrogen-bond donors (Lipinski definition) is 0. The molecule has 2 aromatic rings. The minimum Gasteiger partial charge on any atom is -0.492 e. The average Bonchev–Trinajstić information content (AvgIpc) is 2.77. The Labute approximate surface area is 129 Å². The number of rotatable bonds is 3. The SMILES string of the molecule is CC1(C)COc2ccc(C(Cl)Cc3ccc(F)cc3)cc21. The van der Waals surface area contributed by atoms with Gasteiger partial charge in [0, 0.05) is 11.0 Å². The van der Waals surface area contributed by atoms with Crippen molar-refractivity contribution in [3.05, 3.63) is 65.0 Å². The standard InChI is InChI=1S/C18H18ClFO/c1-18(2)11-21-17-8-5-13(10-15(17)18)16(19)9-12-3-6-14(20)7-4-12/h3-8,10,16H,9,11H2,1-2H3. The lowest BCUT2D eigenvalue weighted by atomic mass is 9.85. The maximum absolute atomic E-state index is 12.9. The molecule has 21 heavy (non-hydrogen) atoms. The zero-order valence-electron chi connectivity index (χ0n) is 12.2. The van der Waals surface area contributed by atoms with Crippen LogP contribution in [-0.2, 0) is 11.8 Å². The number of benzene rings is 2. The molecule has 0 N–H and O–H groups in total. The largest absolute Gasteiger partial charge is 0.492 e. The Morgan fingerprint density at radius 2 is 1.90 bits per heavy atom. The molecule has 110 valence electrons. The molecule has 1 heterocycles. The molecule has 3 heteroatoms. The number of ether oxygens (including phenoxy) is 1. The Balaban J connectivity index is 1.82. The van der Waals surface area contributed by atoms with Crippen LogP contribution < -0.4 is 4.74 Å². The van der Waals surface area contributed by atoms with E-state index in [1.165, 1.54) is 17.7 Å². The molecule has 1 nitrogen and oxygen atoms in total. The van der Waals surface area contributed by atoms with Crippen LogP contribution in [0, 0.1) is 5.82 Å². The van der Waals surface area contributed by atoms with E-state index in [-0.39, 0.29) is 16.6 Å². The molecule has 0 fully saturated rings. The Bertz CT molecular complexity index is 649. The Morgan fingerprint density at radius 1 is 1.19 bits per heavy atom. The van der Waals surface area contributed by atoms with E-state index in [0.717, 1.165) is 16.9 Å². The molecule has 1 aliphatic rings. The van der Waals surface area contributed by atoms with Gasteiger partial charge in [0.15, 0.2) is 0 Å². The van der Waals surface area contributed by atoms with E-state index in [4.69, 9.17) is 16.3 Å². The molecule has 2 aromatic carbocycles. The molecule has 1 aliphatic heterocycles. The summed E-state index contributed by atoms with van der Waals surface area (Å²) in [4.78, 5) is 0. The second kappa shape index (κ2) is 5.34. The van der Waals surface area contributed by atoms with Crippen molar-refractivity contribution in [2.24, 2.45) is 0 Å². The summed E-state index contributed by atoms with van der Waals surface area (Å²) < 4.78 is 18.6. The number of halogens is 2. The van der Waals surface area contributed by atoms with Crippen LogP contribution in [0.1, 0.15) is 35.9 Å². The second-order valence-electron chi connectivity index (χ2n) is 6.23. The van der Waals surface area contributed by atoms with E-state index < -0.39 is 0 Å². The minimum atomic E-state index is -0.221. The third-order valence-electron chi connectivity index (χ3n) is 4.01. The summed E-state index contributed by atoms with van der Waals surface area (Å²) in [6.07, 6.45) is 0.682. The van der Waals surface area contributed by atoms with Crippen LogP contribution in [0.3, 0.4) is 0 Å². The summed E-state index contributed by atoms with van der Waals surface area (Å²) in [6.45, 7) is 5.05. The van der Waals surface area contributed by atoms with Crippen molar-refractivity contribution in [1.82, 2.24) is 0 Å². The fourth-order valence-electron chi connectivity index (χ4n) is 2.68. The highest BCUT2D eigenvalue weighted by molar-refractivity contribution is 6.20. The molecule has 0 amide bonds. The van der Waals surface area contributed by atoms with Gasteiger partial charge in [-0.1, -0.05) is 32.0 Å². The minimum absolute atomic E-state index is 0.0256. The smallest absolute Gasteiger partial charge is 0.123 e. The molecule has 1 unspecified atom stereocenters. The third-order valence-corrected chi connectivity index (χ3v) is 4.42. The molecular formula is C18H18ClFO. The van der Waals surface area contributed by atoms with Crippen LogP contribution in [0.4, 0.5) is 4.39 Å². The van der Waals surface area contributed by atoms with Gasteiger partial charge in [-0.3, -0.25) is 0 Å². The van der Waals surface area contributed by atoms with Crippen LogP contribution in [-0.4, -0.2) is 6.61 Å². The molecule has 0 radical (unpaired) electrons. The van der Waals surface area contributed by atoms with Gasteiger partial charge in [0.25, 0.3) is 0 Å². The molecule has 0 saturated heterocycles. The zero-order chi connectivity index (χ0) is 15.0. The van der Waals surface area contributed by atoms with E-state index >= 15 is 0 Å². The van der Waals surface area contributed by atoms with Crippen molar-refractivity contribution >= 4 is 11.6 Å². The first-order valence-corrected chi connectivity index (χ1v) is 7.55. The molecule has 0 saturated carbocycles. The van der Waals surface area contributed by atoms with Gasteiger partial charge in [0.2, 0.25) is 0 Å². The summed E-state index contributed by atoms with van der Waals surface area (Å²) in [5, 5.41) is -0.128. The maximum atomic E-state index is 12.9. The van der Waals surface area contributed by atoms with Gasteiger partial charge in [-0.05, 0) is 41.8 Å². The molecule has 0 spiro atoms. The van der Waals surface area contributed by atoms with Crippen LogP contribution in [0.15, 0.2) is 42.5 Å². The zero-order valence-corrected chi connectivity index (χ0v) is 13.0.